The van der Waals surface area contributed by atoms with Crippen LogP contribution in [0, 0.1) is 5.41 Å². The smallest absolute Gasteiger partial charge is 0.312 e. The van der Waals surface area contributed by atoms with Crippen molar-refractivity contribution in [2.24, 2.45) is 11.1 Å². The molecule has 0 radical (unpaired) electrons. The number of carbonyl (C=O) groups is 2. The maximum absolute atomic E-state index is 12.2. The number of hydrogen-bond acceptors (Lipinski definition) is 4. The average molecular weight is 498 g/mol. The first-order chi connectivity index (χ1) is 16.8. The zero-order valence-electron chi connectivity index (χ0n) is 22.6. The van der Waals surface area contributed by atoms with Crippen LogP contribution in [-0.2, 0) is 27.4 Å². The van der Waals surface area contributed by atoms with Gasteiger partial charge in [0.2, 0.25) is 5.91 Å². The Morgan fingerprint density at radius 3 is 2.08 bits per heavy atom. The Labute approximate surface area is 216 Å². The van der Waals surface area contributed by atoms with Gasteiger partial charge in [0.1, 0.15) is 0 Å². The first-order valence-electron chi connectivity index (χ1n) is 12.6. The molecule has 0 aliphatic rings. The van der Waals surface area contributed by atoms with Gasteiger partial charge in [0.25, 0.3) is 0 Å². The highest BCUT2D eigenvalue weighted by Gasteiger charge is 2.29. The summed E-state index contributed by atoms with van der Waals surface area (Å²) in [6.45, 7) is 12.1. The maximum Gasteiger partial charge on any atom is 0.312 e. The number of amides is 3. The first-order valence-corrected chi connectivity index (χ1v) is 12.6. The van der Waals surface area contributed by atoms with Crippen LogP contribution in [0.1, 0.15) is 77.5 Å². The third-order valence-electron chi connectivity index (χ3n) is 5.95. The van der Waals surface area contributed by atoms with Crippen LogP contribution in [0.2, 0.25) is 0 Å². The molecule has 7 nitrogen and oxygen atoms in total. The molecule has 0 saturated carbocycles. The molecule has 0 heterocycles. The molecule has 2 rings (SSSR count). The number of hydrogen-bond donors (Lipinski definition) is 3. The van der Waals surface area contributed by atoms with Gasteiger partial charge in [-0.25, -0.2) is 10.3 Å². The molecule has 2 aromatic carbocycles. The normalized spacial score (nSPS) is 13.6. The lowest BCUT2D eigenvalue weighted by molar-refractivity contribution is -0.146. The highest BCUT2D eigenvalue weighted by molar-refractivity contribution is 5.74. The molecule has 4 N–H and O–H groups in total. The van der Waals surface area contributed by atoms with E-state index >= 15 is 0 Å². The molecule has 1 unspecified atom stereocenters. The fourth-order valence-corrected chi connectivity index (χ4v) is 3.86. The van der Waals surface area contributed by atoms with E-state index in [0.29, 0.717) is 25.9 Å². The van der Waals surface area contributed by atoms with E-state index in [-0.39, 0.29) is 23.5 Å². The molecule has 198 valence electrons. The van der Waals surface area contributed by atoms with Crippen LogP contribution in [-0.4, -0.2) is 29.7 Å². The number of carbonyl (C=O) groups excluding carboxylic acids is 2. The number of primary amides is 1. The molecule has 0 saturated heterocycles. The minimum absolute atomic E-state index is 0.169. The second-order valence-electron chi connectivity index (χ2n) is 11.2. The monoisotopic (exact) mass is 497 g/mol. The lowest BCUT2D eigenvalue weighted by Crippen LogP contribution is -2.47. The zero-order chi connectivity index (χ0) is 26.8. The molecule has 3 amide bonds. The average Bonchev–Trinajstić information content (AvgIpc) is 2.80. The molecule has 7 heteroatoms. The van der Waals surface area contributed by atoms with Crippen LogP contribution in [0.5, 0.6) is 0 Å². The Morgan fingerprint density at radius 2 is 1.50 bits per heavy atom. The summed E-state index contributed by atoms with van der Waals surface area (Å²) in [5.41, 5.74) is 10.9. The van der Waals surface area contributed by atoms with E-state index < -0.39 is 11.6 Å². The van der Waals surface area contributed by atoms with Crippen molar-refractivity contribution in [3.63, 3.8) is 0 Å². The molecule has 2 aromatic rings. The molecule has 0 aromatic heterocycles. The lowest BCUT2D eigenvalue weighted by atomic mass is 9.80. The number of benzene rings is 2. The SMILES string of the molecule is C[C@H](OCc1ccc(Cc2ccccc2)cc1)C(CC(C)(C)CCC(=O)NOC(C)(C)C)NC(N)=O. The number of urea groups is 1. The summed E-state index contributed by atoms with van der Waals surface area (Å²) < 4.78 is 6.13. The molecule has 0 fully saturated rings. The van der Waals surface area contributed by atoms with Gasteiger partial charge in [-0.15, -0.1) is 0 Å². The Kier molecular flexibility index (Phi) is 10.9. The fraction of sp³-hybridized carbons (Fsp3) is 0.517. The van der Waals surface area contributed by atoms with Gasteiger partial charge in [-0.3, -0.25) is 9.63 Å². The standard InChI is InChI=1S/C29H43N3O4/c1-21(35-20-24-14-12-23(13-15-24)18-22-10-8-7-9-11-22)25(31-27(30)34)19-29(5,6)17-16-26(33)32-36-28(2,3)4/h7-15,21,25H,16-20H2,1-6H3,(H,32,33)(H3,30,31,34)/t21-,25?/m0/s1. The van der Waals surface area contributed by atoms with Crippen molar-refractivity contribution in [3.8, 4) is 0 Å². The minimum atomic E-state index is -0.590. The number of rotatable bonds is 13. The Hall–Kier alpha value is -2.90. The van der Waals surface area contributed by atoms with E-state index in [1.807, 2.05) is 45.9 Å². The van der Waals surface area contributed by atoms with Gasteiger partial charge in [0.15, 0.2) is 0 Å². The fourth-order valence-electron chi connectivity index (χ4n) is 3.86. The highest BCUT2D eigenvalue weighted by atomic mass is 16.7. The van der Waals surface area contributed by atoms with Crippen molar-refractivity contribution in [3.05, 3.63) is 71.3 Å². The van der Waals surface area contributed by atoms with Gasteiger partial charge >= 0.3 is 6.03 Å². The maximum atomic E-state index is 12.2. The van der Waals surface area contributed by atoms with E-state index in [4.69, 9.17) is 15.3 Å². The van der Waals surface area contributed by atoms with Crippen LogP contribution >= 0.6 is 0 Å². The second-order valence-corrected chi connectivity index (χ2v) is 11.2. The van der Waals surface area contributed by atoms with Crippen molar-refractivity contribution in [2.45, 2.75) is 91.6 Å². The van der Waals surface area contributed by atoms with E-state index in [0.717, 1.165) is 12.0 Å². The molecular formula is C29H43N3O4. The summed E-state index contributed by atoms with van der Waals surface area (Å²) in [5.74, 6) is -0.169. The van der Waals surface area contributed by atoms with Gasteiger partial charge in [0.05, 0.1) is 24.4 Å². The van der Waals surface area contributed by atoms with Crippen LogP contribution < -0.4 is 16.5 Å². The molecule has 0 spiro atoms. The van der Waals surface area contributed by atoms with E-state index in [1.54, 1.807) is 0 Å². The molecule has 0 aliphatic carbocycles. The molecule has 36 heavy (non-hydrogen) atoms. The summed E-state index contributed by atoms with van der Waals surface area (Å²) >= 11 is 0. The third-order valence-corrected chi connectivity index (χ3v) is 5.95. The van der Waals surface area contributed by atoms with Crippen molar-refractivity contribution in [1.29, 1.82) is 0 Å². The largest absolute Gasteiger partial charge is 0.372 e. The summed E-state index contributed by atoms with van der Waals surface area (Å²) in [6, 6.07) is 17.9. The van der Waals surface area contributed by atoms with Crippen LogP contribution in [0.3, 0.4) is 0 Å². The van der Waals surface area contributed by atoms with Crippen LogP contribution in [0.4, 0.5) is 4.79 Å². The van der Waals surface area contributed by atoms with Crippen LogP contribution in [0.15, 0.2) is 54.6 Å². The Morgan fingerprint density at radius 1 is 0.917 bits per heavy atom. The Bertz CT molecular complexity index is 953. The van der Waals surface area contributed by atoms with E-state index in [2.05, 4.69) is 61.0 Å². The molecule has 0 bridgehead atoms. The van der Waals surface area contributed by atoms with Gasteiger partial charge in [-0.2, -0.15) is 0 Å². The number of ether oxygens (including phenoxy) is 1. The summed E-state index contributed by atoms with van der Waals surface area (Å²) in [6.07, 6.45) is 2.17. The quantitative estimate of drug-likeness (QED) is 0.328. The van der Waals surface area contributed by atoms with Crippen molar-refractivity contribution in [2.75, 3.05) is 0 Å². The van der Waals surface area contributed by atoms with Crippen LogP contribution in [0.25, 0.3) is 0 Å². The lowest BCUT2D eigenvalue weighted by Gasteiger charge is -2.33. The molecule has 0 aliphatic heterocycles. The molecular weight excluding hydrogens is 454 g/mol. The molecule has 2 atom stereocenters. The summed E-state index contributed by atoms with van der Waals surface area (Å²) in [4.78, 5) is 29.2. The van der Waals surface area contributed by atoms with Gasteiger partial charge < -0.3 is 15.8 Å². The number of hydroxylamine groups is 1. The number of nitrogens with one attached hydrogen (secondary N) is 2. The predicted molar refractivity (Wildman–Crippen MR) is 143 cm³/mol. The first kappa shape index (κ1) is 29.3. The second kappa shape index (κ2) is 13.4. The predicted octanol–water partition coefficient (Wildman–Crippen LogP) is 5.26. The minimum Gasteiger partial charge on any atom is -0.372 e. The van der Waals surface area contributed by atoms with Gasteiger partial charge in [0, 0.05) is 6.42 Å². The summed E-state index contributed by atoms with van der Waals surface area (Å²) in [5, 5.41) is 2.83. The van der Waals surface area contributed by atoms with Crippen molar-refractivity contribution in [1.82, 2.24) is 10.8 Å². The van der Waals surface area contributed by atoms with Gasteiger partial charge in [-0.1, -0.05) is 68.4 Å². The van der Waals surface area contributed by atoms with E-state index in [1.165, 1.54) is 11.1 Å². The van der Waals surface area contributed by atoms with Gasteiger partial charge in [-0.05, 0) is 69.1 Å². The number of nitrogens with two attached hydrogens (primary N) is 1. The van der Waals surface area contributed by atoms with E-state index in [9.17, 15) is 9.59 Å². The zero-order valence-corrected chi connectivity index (χ0v) is 22.6. The Balaban J connectivity index is 1.88. The highest BCUT2D eigenvalue weighted by Crippen LogP contribution is 2.30. The topological polar surface area (TPSA) is 103 Å². The third kappa shape index (κ3) is 11.7. The van der Waals surface area contributed by atoms with Crippen molar-refractivity contribution >= 4 is 11.9 Å². The van der Waals surface area contributed by atoms with Crippen molar-refractivity contribution < 1.29 is 19.2 Å². The summed E-state index contributed by atoms with van der Waals surface area (Å²) in [7, 11) is 0.